The second-order valence-corrected chi connectivity index (χ2v) is 5.78. The monoisotopic (exact) mass is 316 g/mol. The molecule has 1 aromatic heterocycles. The van der Waals surface area contributed by atoms with Crippen LogP contribution in [0.5, 0.6) is 5.88 Å². The maximum atomic E-state index is 12.5. The van der Waals surface area contributed by atoms with Crippen molar-refractivity contribution in [3.8, 4) is 17.1 Å². The number of H-pyrrole nitrogens is 1. The van der Waals surface area contributed by atoms with Gasteiger partial charge in [-0.25, -0.2) is 4.99 Å². The number of nitrogens with zero attached hydrogens (tertiary/aromatic N) is 1. The first-order valence-electron chi connectivity index (χ1n) is 7.92. The van der Waals surface area contributed by atoms with E-state index in [1.54, 1.807) is 0 Å². The topological polar surface area (TPSA) is 65.5 Å². The fourth-order valence-electron chi connectivity index (χ4n) is 3.07. The van der Waals surface area contributed by atoms with Crippen molar-refractivity contribution in [1.29, 1.82) is 0 Å². The Morgan fingerprint density at radius 1 is 0.958 bits per heavy atom. The highest BCUT2D eigenvalue weighted by Crippen LogP contribution is 2.37. The molecule has 4 rings (SSSR count). The van der Waals surface area contributed by atoms with Crippen LogP contribution in [0.1, 0.15) is 34.0 Å². The van der Waals surface area contributed by atoms with Crippen LogP contribution in [0, 0.1) is 0 Å². The molecule has 4 heteroatoms. The Morgan fingerprint density at radius 2 is 1.67 bits per heavy atom. The minimum absolute atomic E-state index is 0.0204. The number of benzene rings is 2. The lowest BCUT2D eigenvalue weighted by molar-refractivity contribution is 0.101. The van der Waals surface area contributed by atoms with Crippen LogP contribution < -0.4 is 0 Å². The number of aliphatic imine (C=N–C) groups is 1. The Hall–Kier alpha value is -3.14. The number of aromatic nitrogens is 1. The van der Waals surface area contributed by atoms with E-state index in [9.17, 15) is 9.90 Å². The summed E-state index contributed by atoms with van der Waals surface area (Å²) < 4.78 is 0. The maximum Gasteiger partial charge on any atom is 0.280 e. The summed E-state index contributed by atoms with van der Waals surface area (Å²) in [7, 11) is 0. The van der Waals surface area contributed by atoms with Gasteiger partial charge in [0.15, 0.2) is 5.88 Å². The van der Waals surface area contributed by atoms with E-state index < -0.39 is 0 Å². The highest BCUT2D eigenvalue weighted by atomic mass is 16.3. The number of fused-ring (bicyclic) bond motifs is 1. The van der Waals surface area contributed by atoms with Crippen molar-refractivity contribution in [3.05, 3.63) is 76.9 Å². The van der Waals surface area contributed by atoms with Crippen molar-refractivity contribution in [1.82, 2.24) is 4.98 Å². The molecular weight excluding hydrogens is 300 g/mol. The lowest BCUT2D eigenvalue weighted by Crippen LogP contribution is -2.00. The van der Waals surface area contributed by atoms with Crippen molar-refractivity contribution in [3.63, 3.8) is 0 Å². The zero-order valence-corrected chi connectivity index (χ0v) is 13.2. The van der Waals surface area contributed by atoms with Gasteiger partial charge in [0.25, 0.3) is 5.91 Å². The van der Waals surface area contributed by atoms with E-state index >= 15 is 0 Å². The number of carbonyl (C=O) groups excluding carboxylic acids is 1. The zero-order valence-electron chi connectivity index (χ0n) is 13.2. The second-order valence-electron chi connectivity index (χ2n) is 5.78. The summed E-state index contributed by atoms with van der Waals surface area (Å²) >= 11 is 0. The summed E-state index contributed by atoms with van der Waals surface area (Å²) in [4.78, 5) is 19.6. The molecule has 0 saturated carbocycles. The quantitative estimate of drug-likeness (QED) is 0.768. The van der Waals surface area contributed by atoms with E-state index in [4.69, 9.17) is 0 Å². The smallest absolute Gasteiger partial charge is 0.280 e. The average Bonchev–Trinajstić information content (AvgIpc) is 3.15. The van der Waals surface area contributed by atoms with E-state index in [1.165, 1.54) is 5.56 Å². The van der Waals surface area contributed by atoms with Crippen LogP contribution in [0.2, 0.25) is 0 Å². The molecule has 0 atom stereocenters. The van der Waals surface area contributed by atoms with Gasteiger partial charge in [0.1, 0.15) is 0 Å². The van der Waals surface area contributed by atoms with E-state index in [-0.39, 0.29) is 11.8 Å². The summed E-state index contributed by atoms with van der Waals surface area (Å²) in [5.41, 5.74) is 4.95. The molecule has 2 heterocycles. The molecule has 2 aromatic carbocycles. The molecule has 1 aliphatic rings. The zero-order chi connectivity index (χ0) is 16.7. The van der Waals surface area contributed by atoms with Gasteiger partial charge in [-0.1, -0.05) is 61.5 Å². The number of carbonyl (C=O) groups is 1. The summed E-state index contributed by atoms with van der Waals surface area (Å²) in [5.74, 6) is -0.344. The van der Waals surface area contributed by atoms with Gasteiger partial charge >= 0.3 is 0 Å². The minimum atomic E-state index is -0.324. The predicted molar refractivity (Wildman–Crippen MR) is 93.7 cm³/mol. The number of nitrogens with one attached hydrogen (secondary N) is 1. The van der Waals surface area contributed by atoms with Gasteiger partial charge in [-0.2, -0.15) is 0 Å². The molecular formula is C20H16N2O2. The Morgan fingerprint density at radius 3 is 2.33 bits per heavy atom. The van der Waals surface area contributed by atoms with Crippen LogP contribution in [-0.4, -0.2) is 21.7 Å². The van der Waals surface area contributed by atoms with Crippen LogP contribution in [0.25, 0.3) is 11.3 Å². The molecule has 0 unspecified atom stereocenters. The Balaban J connectivity index is 1.85. The molecule has 0 radical (unpaired) electrons. The Kier molecular flexibility index (Phi) is 3.31. The number of aromatic amines is 1. The predicted octanol–water partition coefficient (Wildman–Crippen LogP) is 3.94. The van der Waals surface area contributed by atoms with E-state index in [0.717, 1.165) is 17.5 Å². The summed E-state index contributed by atoms with van der Waals surface area (Å²) in [5, 5.41) is 10.4. The van der Waals surface area contributed by atoms with Crippen LogP contribution in [0.3, 0.4) is 0 Å². The molecule has 0 saturated heterocycles. The first-order valence-corrected chi connectivity index (χ1v) is 7.92. The van der Waals surface area contributed by atoms with Crippen LogP contribution in [0.4, 0.5) is 0 Å². The van der Waals surface area contributed by atoms with Gasteiger partial charge in [-0.15, -0.1) is 0 Å². The molecule has 118 valence electrons. The molecule has 0 spiro atoms. The molecule has 1 amide bonds. The third-order valence-electron chi connectivity index (χ3n) is 4.34. The minimum Gasteiger partial charge on any atom is -0.494 e. The highest BCUT2D eigenvalue weighted by molar-refractivity contribution is 6.30. The Bertz CT molecular complexity index is 951. The normalized spacial score (nSPS) is 13.0. The first kappa shape index (κ1) is 14.5. The molecule has 2 N–H and O–H groups in total. The van der Waals surface area contributed by atoms with Crippen LogP contribution >= 0.6 is 0 Å². The highest BCUT2D eigenvalue weighted by Gasteiger charge is 2.33. The molecule has 0 fully saturated rings. The fourth-order valence-corrected chi connectivity index (χ4v) is 3.07. The van der Waals surface area contributed by atoms with Gasteiger partial charge in [0, 0.05) is 5.56 Å². The number of hydrogen-bond acceptors (Lipinski definition) is 2. The lowest BCUT2D eigenvalue weighted by Gasteiger charge is -2.03. The summed E-state index contributed by atoms with van der Waals surface area (Å²) in [6.07, 6.45) is 0.949. The SMILES string of the molecule is CCc1ccc(C2=NC(=O)c3c(-c4ccccc4)[nH]c(O)c32)cc1. The molecule has 24 heavy (non-hydrogen) atoms. The van der Waals surface area contributed by atoms with Gasteiger partial charge in [0.2, 0.25) is 0 Å². The largest absolute Gasteiger partial charge is 0.494 e. The molecule has 0 aliphatic carbocycles. The molecule has 0 bridgehead atoms. The first-order chi connectivity index (χ1) is 11.7. The van der Waals surface area contributed by atoms with Crippen LogP contribution in [0.15, 0.2) is 59.6 Å². The average molecular weight is 316 g/mol. The molecule has 4 nitrogen and oxygen atoms in total. The number of amides is 1. The number of hydrogen-bond donors (Lipinski definition) is 2. The van der Waals surface area contributed by atoms with Crippen molar-refractivity contribution < 1.29 is 9.90 Å². The molecule has 1 aliphatic heterocycles. The van der Waals surface area contributed by atoms with Crippen molar-refractivity contribution in [2.45, 2.75) is 13.3 Å². The fraction of sp³-hybridized carbons (Fsp3) is 0.100. The van der Waals surface area contributed by atoms with E-state index in [2.05, 4.69) is 16.9 Å². The van der Waals surface area contributed by atoms with E-state index in [1.807, 2.05) is 54.6 Å². The van der Waals surface area contributed by atoms with E-state index in [0.29, 0.717) is 22.5 Å². The number of aryl methyl sites for hydroxylation is 1. The van der Waals surface area contributed by atoms with Crippen molar-refractivity contribution in [2.75, 3.05) is 0 Å². The van der Waals surface area contributed by atoms with Gasteiger partial charge in [-0.05, 0) is 17.5 Å². The van der Waals surface area contributed by atoms with Gasteiger partial charge in [0.05, 0.1) is 22.5 Å². The number of aromatic hydroxyl groups is 1. The standard InChI is InChI=1S/C20H16N2O2/c1-2-12-8-10-14(11-9-12)18-16-15(19(23)22-18)17(21-20(16)24)13-6-4-3-5-7-13/h3-11,21,24H,2H2,1H3. The maximum absolute atomic E-state index is 12.5. The summed E-state index contributed by atoms with van der Waals surface area (Å²) in [6, 6.07) is 17.4. The molecule has 3 aromatic rings. The lowest BCUT2D eigenvalue weighted by atomic mass is 9.99. The Labute approximate surface area is 139 Å². The number of rotatable bonds is 3. The van der Waals surface area contributed by atoms with Gasteiger partial charge < -0.3 is 10.1 Å². The van der Waals surface area contributed by atoms with Crippen molar-refractivity contribution >= 4 is 11.6 Å². The summed E-state index contributed by atoms with van der Waals surface area (Å²) in [6.45, 7) is 2.09. The van der Waals surface area contributed by atoms with Crippen molar-refractivity contribution in [2.24, 2.45) is 4.99 Å². The second kappa shape index (κ2) is 5.49. The van der Waals surface area contributed by atoms with Gasteiger partial charge in [-0.3, -0.25) is 4.79 Å². The third-order valence-corrected chi connectivity index (χ3v) is 4.34. The third kappa shape index (κ3) is 2.15. The van der Waals surface area contributed by atoms with Crippen LogP contribution in [-0.2, 0) is 6.42 Å².